The largest absolute Gasteiger partial charge is 0.480 e. The number of carbonyl (C=O) groups excluding carboxylic acids is 1. The third kappa shape index (κ3) is 7.11. The Labute approximate surface area is 82.1 Å². The Morgan fingerprint density at radius 3 is 2.71 bits per heavy atom. The maximum absolute atomic E-state index is 10.4. The fourth-order valence-corrected chi connectivity index (χ4v) is 0.686. The number of rotatable bonds is 7. The van der Waals surface area contributed by atoms with Crippen LogP contribution in [0.5, 0.6) is 0 Å². The Hall–Kier alpha value is -1.56. The molecule has 0 aliphatic carbocycles. The van der Waals surface area contributed by atoms with Gasteiger partial charge in [0.2, 0.25) is 5.91 Å². The standard InChI is InChI=1S/C8H14N2O4/c1-3-10(6-8(12)13)14-5-4-9-7(2)11/h3H,1,4-6H2,2H3,(H,9,11)(H,12,13). The van der Waals surface area contributed by atoms with Gasteiger partial charge in [-0.1, -0.05) is 6.58 Å². The molecule has 0 fully saturated rings. The lowest BCUT2D eigenvalue weighted by Gasteiger charge is -2.16. The van der Waals surface area contributed by atoms with Crippen LogP contribution in [0.15, 0.2) is 12.8 Å². The average Bonchev–Trinajstić information content (AvgIpc) is 2.09. The summed E-state index contributed by atoms with van der Waals surface area (Å²) in [6.07, 6.45) is 1.27. The van der Waals surface area contributed by atoms with E-state index in [1.54, 1.807) is 0 Å². The van der Waals surface area contributed by atoms with Crippen molar-refractivity contribution in [1.82, 2.24) is 10.4 Å². The smallest absolute Gasteiger partial charge is 0.325 e. The van der Waals surface area contributed by atoms with Crippen LogP contribution in [0.1, 0.15) is 6.92 Å². The minimum atomic E-state index is -1.01. The second-order valence-corrected chi connectivity index (χ2v) is 2.47. The van der Waals surface area contributed by atoms with E-state index in [1.807, 2.05) is 0 Å². The molecule has 0 rings (SSSR count). The summed E-state index contributed by atoms with van der Waals surface area (Å²) in [5, 5.41) is 12.0. The van der Waals surface area contributed by atoms with Crippen LogP contribution in [0.25, 0.3) is 0 Å². The fraction of sp³-hybridized carbons (Fsp3) is 0.500. The zero-order chi connectivity index (χ0) is 11.0. The van der Waals surface area contributed by atoms with Crippen LogP contribution in [-0.2, 0) is 14.4 Å². The van der Waals surface area contributed by atoms with Crippen molar-refractivity contribution >= 4 is 11.9 Å². The highest BCUT2D eigenvalue weighted by atomic mass is 16.7. The Kier molecular flexibility index (Phi) is 6.13. The van der Waals surface area contributed by atoms with Crippen LogP contribution in [0.3, 0.4) is 0 Å². The summed E-state index contributed by atoms with van der Waals surface area (Å²) in [5.41, 5.74) is 0. The number of carboxylic acid groups (broad SMARTS) is 1. The number of hydrogen-bond acceptors (Lipinski definition) is 4. The summed E-state index contributed by atoms with van der Waals surface area (Å²) in [6, 6.07) is 0. The van der Waals surface area contributed by atoms with Gasteiger partial charge in [0.25, 0.3) is 0 Å². The SMILES string of the molecule is C=CN(CC(=O)O)OCCNC(C)=O. The number of hydrogen-bond donors (Lipinski definition) is 2. The molecular formula is C8H14N2O4. The van der Waals surface area contributed by atoms with Gasteiger partial charge in [-0.05, 0) is 0 Å². The van der Waals surface area contributed by atoms with Gasteiger partial charge in [-0.25, -0.2) is 0 Å². The number of amides is 1. The van der Waals surface area contributed by atoms with E-state index in [2.05, 4.69) is 11.9 Å². The maximum Gasteiger partial charge on any atom is 0.325 e. The molecular weight excluding hydrogens is 188 g/mol. The number of carboxylic acids is 1. The van der Waals surface area contributed by atoms with E-state index in [9.17, 15) is 9.59 Å². The first-order valence-electron chi connectivity index (χ1n) is 4.04. The highest BCUT2D eigenvalue weighted by molar-refractivity contribution is 5.72. The summed E-state index contributed by atoms with van der Waals surface area (Å²) < 4.78 is 0. The van der Waals surface area contributed by atoms with Crippen molar-refractivity contribution in [2.45, 2.75) is 6.92 Å². The Morgan fingerprint density at radius 1 is 1.64 bits per heavy atom. The summed E-state index contributed by atoms with van der Waals surface area (Å²) in [4.78, 5) is 25.7. The third-order valence-electron chi connectivity index (χ3n) is 1.23. The molecule has 0 heterocycles. The molecule has 2 N–H and O–H groups in total. The molecule has 0 atom stereocenters. The molecule has 6 nitrogen and oxygen atoms in total. The van der Waals surface area contributed by atoms with Crippen LogP contribution in [0.2, 0.25) is 0 Å². The van der Waals surface area contributed by atoms with Gasteiger partial charge in [0.1, 0.15) is 6.54 Å². The van der Waals surface area contributed by atoms with Gasteiger partial charge in [0.15, 0.2) is 0 Å². The minimum absolute atomic E-state index is 0.156. The predicted octanol–water partition coefficient (Wildman–Crippen LogP) is -0.416. The zero-order valence-electron chi connectivity index (χ0n) is 8.02. The number of carbonyl (C=O) groups is 2. The quantitative estimate of drug-likeness (QED) is 0.433. The summed E-state index contributed by atoms with van der Waals surface area (Å²) in [5.74, 6) is -1.17. The van der Waals surface area contributed by atoms with Crippen molar-refractivity contribution < 1.29 is 19.5 Å². The lowest BCUT2D eigenvalue weighted by atomic mass is 10.6. The van der Waals surface area contributed by atoms with Gasteiger partial charge in [0.05, 0.1) is 6.61 Å². The molecule has 0 aromatic heterocycles. The molecule has 80 valence electrons. The second-order valence-electron chi connectivity index (χ2n) is 2.47. The molecule has 0 radical (unpaired) electrons. The van der Waals surface area contributed by atoms with E-state index < -0.39 is 5.97 Å². The third-order valence-corrected chi connectivity index (χ3v) is 1.23. The highest BCUT2D eigenvalue weighted by Crippen LogP contribution is 1.89. The molecule has 0 spiro atoms. The number of hydroxylamine groups is 2. The number of nitrogens with one attached hydrogen (secondary N) is 1. The molecule has 0 aliphatic rings. The lowest BCUT2D eigenvalue weighted by molar-refractivity contribution is -0.158. The van der Waals surface area contributed by atoms with Crippen molar-refractivity contribution in [3.05, 3.63) is 12.8 Å². The molecule has 0 aromatic rings. The van der Waals surface area contributed by atoms with Crippen LogP contribution >= 0.6 is 0 Å². The van der Waals surface area contributed by atoms with Gasteiger partial charge in [-0.3, -0.25) is 19.5 Å². The molecule has 0 aromatic carbocycles. The van der Waals surface area contributed by atoms with Crippen LogP contribution in [-0.4, -0.2) is 41.7 Å². The van der Waals surface area contributed by atoms with Gasteiger partial charge in [-0.2, -0.15) is 0 Å². The molecule has 0 bridgehead atoms. The van der Waals surface area contributed by atoms with Crippen LogP contribution in [0, 0.1) is 0 Å². The van der Waals surface area contributed by atoms with Gasteiger partial charge in [0, 0.05) is 19.7 Å². The van der Waals surface area contributed by atoms with E-state index in [4.69, 9.17) is 9.94 Å². The van der Waals surface area contributed by atoms with E-state index in [-0.39, 0.29) is 19.1 Å². The topological polar surface area (TPSA) is 78.9 Å². The maximum atomic E-state index is 10.4. The van der Waals surface area contributed by atoms with E-state index in [0.717, 1.165) is 5.06 Å². The minimum Gasteiger partial charge on any atom is -0.480 e. The number of aliphatic carboxylic acids is 1. The first kappa shape index (κ1) is 12.4. The Balaban J connectivity index is 3.57. The first-order valence-corrected chi connectivity index (χ1v) is 4.04. The van der Waals surface area contributed by atoms with E-state index in [0.29, 0.717) is 6.54 Å². The molecule has 0 aliphatic heterocycles. The Bertz CT molecular complexity index is 217. The Morgan fingerprint density at radius 2 is 2.29 bits per heavy atom. The highest BCUT2D eigenvalue weighted by Gasteiger charge is 2.04. The molecule has 0 saturated heterocycles. The van der Waals surface area contributed by atoms with Gasteiger partial charge < -0.3 is 10.4 Å². The normalized spacial score (nSPS) is 9.21. The first-order chi connectivity index (χ1) is 6.56. The molecule has 6 heteroatoms. The van der Waals surface area contributed by atoms with Crippen LogP contribution < -0.4 is 5.32 Å². The van der Waals surface area contributed by atoms with Crippen molar-refractivity contribution in [3.63, 3.8) is 0 Å². The monoisotopic (exact) mass is 202 g/mol. The van der Waals surface area contributed by atoms with E-state index >= 15 is 0 Å². The van der Waals surface area contributed by atoms with Gasteiger partial charge >= 0.3 is 5.97 Å². The van der Waals surface area contributed by atoms with E-state index in [1.165, 1.54) is 13.1 Å². The molecule has 0 unspecified atom stereocenters. The summed E-state index contributed by atoms with van der Waals surface area (Å²) in [6.45, 7) is 5.04. The predicted molar refractivity (Wildman–Crippen MR) is 49.2 cm³/mol. The van der Waals surface area contributed by atoms with Gasteiger partial charge in [-0.15, -0.1) is 0 Å². The van der Waals surface area contributed by atoms with Crippen molar-refractivity contribution in [3.8, 4) is 0 Å². The van der Waals surface area contributed by atoms with Crippen molar-refractivity contribution in [2.24, 2.45) is 0 Å². The fourth-order valence-electron chi connectivity index (χ4n) is 0.686. The average molecular weight is 202 g/mol. The molecule has 1 amide bonds. The molecule has 14 heavy (non-hydrogen) atoms. The number of nitrogens with zero attached hydrogens (tertiary/aromatic N) is 1. The summed E-state index contributed by atoms with van der Waals surface area (Å²) in [7, 11) is 0. The zero-order valence-corrected chi connectivity index (χ0v) is 8.02. The summed E-state index contributed by atoms with van der Waals surface area (Å²) >= 11 is 0. The molecule has 0 saturated carbocycles. The van der Waals surface area contributed by atoms with Crippen molar-refractivity contribution in [2.75, 3.05) is 19.7 Å². The van der Waals surface area contributed by atoms with Crippen molar-refractivity contribution in [1.29, 1.82) is 0 Å². The lowest BCUT2D eigenvalue weighted by Crippen LogP contribution is -2.30. The second kappa shape index (κ2) is 6.90. The van der Waals surface area contributed by atoms with Crippen LogP contribution in [0.4, 0.5) is 0 Å².